The number of rotatable bonds is 2. The molecule has 10 heavy (non-hydrogen) atoms. The van der Waals surface area contributed by atoms with E-state index in [1.54, 1.807) is 0 Å². The molecule has 58 valence electrons. The van der Waals surface area contributed by atoms with Crippen molar-refractivity contribution >= 4 is 0 Å². The van der Waals surface area contributed by atoms with Crippen LogP contribution < -0.4 is 0 Å². The van der Waals surface area contributed by atoms with Crippen molar-refractivity contribution in [1.29, 1.82) is 0 Å². The molecule has 0 bridgehead atoms. The lowest BCUT2D eigenvalue weighted by Crippen LogP contribution is -2.35. The predicted molar refractivity (Wildman–Crippen MR) is 41.9 cm³/mol. The molecule has 1 rings (SSSR count). The molecule has 0 spiro atoms. The number of hydrogen-bond donors (Lipinski definition) is 1. The highest BCUT2D eigenvalue weighted by molar-refractivity contribution is 4.96. The Kier molecular flexibility index (Phi) is 2.90. The molecule has 0 aliphatic carbocycles. The molecule has 0 radical (unpaired) electrons. The summed E-state index contributed by atoms with van der Waals surface area (Å²) in [4.78, 5) is 2.25. The average Bonchev–Trinajstić information content (AvgIpc) is 1.88. The molecule has 0 amide bonds. The van der Waals surface area contributed by atoms with Gasteiger partial charge in [0.15, 0.2) is 0 Å². The average molecular weight is 141 g/mol. The zero-order chi connectivity index (χ0) is 7.40. The second-order valence-electron chi connectivity index (χ2n) is 2.76. The molecule has 1 aliphatic rings. The maximum Gasteiger partial charge on any atom is 0.0848 e. The fraction of sp³-hybridized carbons (Fsp3) is 0.750. The Balaban J connectivity index is 2.29. The summed E-state index contributed by atoms with van der Waals surface area (Å²) in [5, 5.41) is 9.18. The third-order valence-corrected chi connectivity index (χ3v) is 1.71. The van der Waals surface area contributed by atoms with Gasteiger partial charge in [-0.15, -0.1) is 0 Å². The van der Waals surface area contributed by atoms with E-state index in [0.29, 0.717) is 0 Å². The number of hydrogen-bond acceptors (Lipinski definition) is 2. The standard InChI is InChI=1S/C8H15NO/c1-2-5-9-6-3-4-8(10)7-9/h3-4,8,10H,2,5-7H2,1H3. The topological polar surface area (TPSA) is 23.5 Å². The van der Waals surface area contributed by atoms with Crippen LogP contribution in [-0.4, -0.2) is 35.7 Å². The summed E-state index contributed by atoms with van der Waals surface area (Å²) in [5.74, 6) is 0. The van der Waals surface area contributed by atoms with Crippen molar-refractivity contribution in [3.63, 3.8) is 0 Å². The molecule has 0 aromatic rings. The molecule has 0 aromatic carbocycles. The third kappa shape index (κ3) is 2.12. The van der Waals surface area contributed by atoms with Crippen LogP contribution in [0.2, 0.25) is 0 Å². The Morgan fingerprint density at radius 2 is 2.50 bits per heavy atom. The first-order valence-electron chi connectivity index (χ1n) is 3.90. The molecule has 1 aliphatic heterocycles. The first kappa shape index (κ1) is 7.76. The minimum atomic E-state index is -0.236. The van der Waals surface area contributed by atoms with Crippen molar-refractivity contribution in [2.24, 2.45) is 0 Å². The van der Waals surface area contributed by atoms with E-state index < -0.39 is 0 Å². The molecule has 0 saturated carbocycles. The van der Waals surface area contributed by atoms with Gasteiger partial charge in [0, 0.05) is 13.1 Å². The molecule has 2 heteroatoms. The largest absolute Gasteiger partial charge is 0.388 e. The summed E-state index contributed by atoms with van der Waals surface area (Å²) in [5.41, 5.74) is 0. The highest BCUT2D eigenvalue weighted by Gasteiger charge is 2.10. The van der Waals surface area contributed by atoms with E-state index in [9.17, 15) is 5.11 Å². The molecule has 0 fully saturated rings. The van der Waals surface area contributed by atoms with Crippen LogP contribution in [0.5, 0.6) is 0 Å². The van der Waals surface area contributed by atoms with Crippen LogP contribution >= 0.6 is 0 Å². The van der Waals surface area contributed by atoms with E-state index in [0.717, 1.165) is 19.6 Å². The van der Waals surface area contributed by atoms with E-state index in [-0.39, 0.29) is 6.10 Å². The van der Waals surface area contributed by atoms with Gasteiger partial charge in [-0.3, -0.25) is 4.90 Å². The first-order valence-corrected chi connectivity index (χ1v) is 3.90. The van der Waals surface area contributed by atoms with E-state index in [4.69, 9.17) is 0 Å². The maximum atomic E-state index is 9.18. The van der Waals surface area contributed by atoms with Crippen molar-refractivity contribution in [2.45, 2.75) is 19.4 Å². The summed E-state index contributed by atoms with van der Waals surface area (Å²) in [6.45, 7) is 5.07. The molecule has 1 heterocycles. The summed E-state index contributed by atoms with van der Waals surface area (Å²) in [6.07, 6.45) is 4.83. The van der Waals surface area contributed by atoms with Gasteiger partial charge in [-0.2, -0.15) is 0 Å². The number of nitrogens with zero attached hydrogens (tertiary/aromatic N) is 1. The number of β-amino-alcohol motifs (C(OH)–C–C–N with tert-alkyl or cyclic N) is 1. The van der Waals surface area contributed by atoms with Gasteiger partial charge in [-0.05, 0) is 13.0 Å². The fourth-order valence-electron chi connectivity index (χ4n) is 1.27. The van der Waals surface area contributed by atoms with E-state index in [1.165, 1.54) is 6.42 Å². The van der Waals surface area contributed by atoms with Gasteiger partial charge < -0.3 is 5.11 Å². The summed E-state index contributed by atoms with van der Waals surface area (Å²) >= 11 is 0. The normalized spacial score (nSPS) is 27.2. The third-order valence-electron chi connectivity index (χ3n) is 1.71. The van der Waals surface area contributed by atoms with Crippen molar-refractivity contribution in [3.05, 3.63) is 12.2 Å². The smallest absolute Gasteiger partial charge is 0.0848 e. The molecular weight excluding hydrogens is 126 g/mol. The Labute approximate surface area is 62.2 Å². The monoisotopic (exact) mass is 141 g/mol. The zero-order valence-corrected chi connectivity index (χ0v) is 6.45. The zero-order valence-electron chi connectivity index (χ0n) is 6.45. The Hall–Kier alpha value is -0.340. The SMILES string of the molecule is CCCN1CC=CC(O)C1. The van der Waals surface area contributed by atoms with E-state index in [1.807, 2.05) is 12.2 Å². The van der Waals surface area contributed by atoms with Crippen LogP contribution in [0.15, 0.2) is 12.2 Å². The molecule has 2 nitrogen and oxygen atoms in total. The molecule has 1 N–H and O–H groups in total. The van der Waals surface area contributed by atoms with Crippen LogP contribution in [0.4, 0.5) is 0 Å². The van der Waals surface area contributed by atoms with Gasteiger partial charge in [0.2, 0.25) is 0 Å². The molecular formula is C8H15NO. The van der Waals surface area contributed by atoms with Gasteiger partial charge in [0.05, 0.1) is 6.10 Å². The van der Waals surface area contributed by atoms with Gasteiger partial charge in [-0.25, -0.2) is 0 Å². The van der Waals surface area contributed by atoms with Gasteiger partial charge in [-0.1, -0.05) is 19.1 Å². The number of aliphatic hydroxyl groups excluding tert-OH is 1. The lowest BCUT2D eigenvalue weighted by atomic mass is 10.2. The maximum absolute atomic E-state index is 9.18. The Morgan fingerprint density at radius 3 is 3.10 bits per heavy atom. The summed E-state index contributed by atoms with van der Waals surface area (Å²) in [7, 11) is 0. The molecule has 1 unspecified atom stereocenters. The summed E-state index contributed by atoms with van der Waals surface area (Å²) < 4.78 is 0. The van der Waals surface area contributed by atoms with Crippen molar-refractivity contribution in [1.82, 2.24) is 4.90 Å². The highest BCUT2D eigenvalue weighted by atomic mass is 16.3. The molecule has 1 atom stereocenters. The number of aliphatic hydroxyl groups is 1. The Morgan fingerprint density at radius 1 is 1.70 bits per heavy atom. The summed E-state index contributed by atoms with van der Waals surface area (Å²) in [6, 6.07) is 0. The lowest BCUT2D eigenvalue weighted by Gasteiger charge is -2.25. The van der Waals surface area contributed by atoms with Crippen molar-refractivity contribution in [3.8, 4) is 0 Å². The van der Waals surface area contributed by atoms with Crippen LogP contribution in [0, 0.1) is 0 Å². The van der Waals surface area contributed by atoms with Crippen molar-refractivity contribution in [2.75, 3.05) is 19.6 Å². The van der Waals surface area contributed by atoms with Crippen molar-refractivity contribution < 1.29 is 5.11 Å². The second-order valence-corrected chi connectivity index (χ2v) is 2.76. The molecule has 0 saturated heterocycles. The van der Waals surface area contributed by atoms with Crippen LogP contribution in [0.25, 0.3) is 0 Å². The fourth-order valence-corrected chi connectivity index (χ4v) is 1.27. The van der Waals surface area contributed by atoms with Crippen LogP contribution in [0.3, 0.4) is 0 Å². The minimum absolute atomic E-state index is 0.236. The molecule has 0 aromatic heterocycles. The van der Waals surface area contributed by atoms with E-state index >= 15 is 0 Å². The van der Waals surface area contributed by atoms with Gasteiger partial charge in [0.1, 0.15) is 0 Å². The van der Waals surface area contributed by atoms with E-state index in [2.05, 4.69) is 11.8 Å². The van der Waals surface area contributed by atoms with Crippen LogP contribution in [-0.2, 0) is 0 Å². The predicted octanol–water partition coefficient (Wildman–Crippen LogP) is 0.629. The van der Waals surface area contributed by atoms with Gasteiger partial charge >= 0.3 is 0 Å². The second kappa shape index (κ2) is 3.74. The lowest BCUT2D eigenvalue weighted by molar-refractivity contribution is 0.144. The van der Waals surface area contributed by atoms with Crippen LogP contribution in [0.1, 0.15) is 13.3 Å². The highest BCUT2D eigenvalue weighted by Crippen LogP contribution is 2.01. The minimum Gasteiger partial charge on any atom is -0.388 e. The van der Waals surface area contributed by atoms with Gasteiger partial charge in [0.25, 0.3) is 0 Å². The Bertz CT molecular complexity index is 122. The quantitative estimate of drug-likeness (QED) is 0.570. The first-order chi connectivity index (χ1) is 4.83.